The minimum Gasteiger partial charge on any atom is -0.327 e. The maximum Gasteiger partial charge on any atom is 0.282 e. The Morgan fingerprint density at radius 2 is 1.88 bits per heavy atom. The molecule has 0 N–H and O–H groups in total. The van der Waals surface area contributed by atoms with Crippen LogP contribution in [0.15, 0.2) is 6.20 Å². The second-order valence-electron chi connectivity index (χ2n) is 6.13. The van der Waals surface area contributed by atoms with Crippen molar-refractivity contribution in [2.45, 2.75) is 19.8 Å². The summed E-state index contributed by atoms with van der Waals surface area (Å²) in [6.45, 7) is 3.08. The molecule has 3 aromatic heterocycles. The number of rotatable bonds is 3. The van der Waals surface area contributed by atoms with Crippen LogP contribution < -0.4 is 4.90 Å². The van der Waals surface area contributed by atoms with Crippen molar-refractivity contribution >= 4 is 23.7 Å². The lowest BCUT2D eigenvalue weighted by atomic mass is 10.2. The van der Waals surface area contributed by atoms with Crippen LogP contribution in [-0.4, -0.2) is 53.4 Å². The van der Waals surface area contributed by atoms with Crippen molar-refractivity contribution in [3.8, 4) is 0 Å². The van der Waals surface area contributed by atoms with Gasteiger partial charge >= 0.3 is 0 Å². The molecule has 4 rings (SSSR count). The molecule has 1 aliphatic rings. The maximum absolute atomic E-state index is 13.0. The molecule has 25 heavy (non-hydrogen) atoms. The molecule has 130 valence electrons. The molecule has 1 saturated heterocycles. The lowest BCUT2D eigenvalue weighted by Crippen LogP contribution is -2.56. The van der Waals surface area contributed by atoms with Crippen LogP contribution in [0.25, 0.3) is 17.8 Å². The summed E-state index contributed by atoms with van der Waals surface area (Å²) in [4.78, 5) is 14.4. The molecule has 0 bridgehead atoms. The highest BCUT2D eigenvalue weighted by atomic mass is 19.3. The molecular formula is C15H16F2N8. The molecule has 0 amide bonds. The predicted molar refractivity (Wildman–Crippen MR) is 87.3 cm³/mol. The number of fused-ring (bicyclic) bond motifs is 1. The number of hydrogen-bond acceptors (Lipinski definition) is 6. The van der Waals surface area contributed by atoms with Crippen LogP contribution in [0.4, 0.5) is 14.7 Å². The molecule has 10 heteroatoms. The Morgan fingerprint density at radius 1 is 1.12 bits per heavy atom. The molecule has 1 aliphatic heterocycles. The highest BCUT2D eigenvalue weighted by Gasteiger charge is 2.45. The van der Waals surface area contributed by atoms with Gasteiger partial charge in [-0.15, -0.1) is 10.2 Å². The summed E-state index contributed by atoms with van der Waals surface area (Å²) in [6.07, 6.45) is 5.16. The van der Waals surface area contributed by atoms with Crippen molar-refractivity contribution in [3.63, 3.8) is 0 Å². The van der Waals surface area contributed by atoms with Crippen molar-refractivity contribution < 1.29 is 8.78 Å². The summed E-state index contributed by atoms with van der Waals surface area (Å²) in [7, 11) is 1.71. The van der Waals surface area contributed by atoms with Crippen LogP contribution >= 0.6 is 0 Å². The first-order valence-electron chi connectivity index (χ1n) is 7.73. The number of anilines is 1. The Balaban J connectivity index is 1.59. The van der Waals surface area contributed by atoms with Crippen LogP contribution in [0.5, 0.6) is 0 Å². The van der Waals surface area contributed by atoms with E-state index in [1.54, 1.807) is 29.9 Å². The van der Waals surface area contributed by atoms with Gasteiger partial charge < -0.3 is 4.90 Å². The molecule has 0 radical (unpaired) electrons. The number of halogens is 2. The number of alkyl halides is 2. The molecule has 4 heterocycles. The molecule has 0 atom stereocenters. The fraction of sp³-hybridized carbons (Fsp3) is 0.400. The average molecular weight is 346 g/mol. The van der Waals surface area contributed by atoms with Gasteiger partial charge in [-0.05, 0) is 26.0 Å². The van der Waals surface area contributed by atoms with Gasteiger partial charge in [-0.1, -0.05) is 0 Å². The third kappa shape index (κ3) is 2.73. The van der Waals surface area contributed by atoms with E-state index < -0.39 is 5.92 Å². The average Bonchev–Trinajstić information content (AvgIpc) is 3.11. The van der Waals surface area contributed by atoms with E-state index in [-0.39, 0.29) is 13.1 Å². The predicted octanol–water partition coefficient (Wildman–Crippen LogP) is 1.50. The van der Waals surface area contributed by atoms with Crippen molar-refractivity contribution in [1.29, 1.82) is 0 Å². The second-order valence-corrected chi connectivity index (χ2v) is 6.13. The van der Waals surface area contributed by atoms with Gasteiger partial charge in [-0.25, -0.2) is 23.0 Å². The normalized spacial score (nSPS) is 16.8. The molecule has 0 unspecified atom stereocenters. The first kappa shape index (κ1) is 15.6. The standard InChI is InChI=1S/C15H16F2N8/c1-9-6-18-10(2)13-19-11(21-25(9)13)4-5-12-20-14(22-23(12)3)24-7-15(16,17)8-24/h4-6H,7-8H2,1-3H3. The first-order valence-corrected chi connectivity index (χ1v) is 7.73. The van der Waals surface area contributed by atoms with E-state index >= 15 is 0 Å². The van der Waals surface area contributed by atoms with Gasteiger partial charge in [-0.2, -0.15) is 4.98 Å². The molecular weight excluding hydrogens is 330 g/mol. The van der Waals surface area contributed by atoms with Crippen LogP contribution in [0.2, 0.25) is 0 Å². The summed E-state index contributed by atoms with van der Waals surface area (Å²) in [6, 6.07) is 0. The summed E-state index contributed by atoms with van der Waals surface area (Å²) >= 11 is 0. The van der Waals surface area contributed by atoms with Gasteiger partial charge in [-0.3, -0.25) is 4.98 Å². The van der Waals surface area contributed by atoms with Gasteiger partial charge in [0.25, 0.3) is 5.92 Å². The smallest absolute Gasteiger partial charge is 0.282 e. The minimum absolute atomic E-state index is 0.298. The monoisotopic (exact) mass is 346 g/mol. The van der Waals surface area contributed by atoms with Gasteiger partial charge in [0.15, 0.2) is 17.3 Å². The van der Waals surface area contributed by atoms with Crippen molar-refractivity contribution in [3.05, 3.63) is 29.2 Å². The fourth-order valence-electron chi connectivity index (χ4n) is 2.65. The Kier molecular flexibility index (Phi) is 3.31. The van der Waals surface area contributed by atoms with Gasteiger partial charge in [0.05, 0.1) is 24.5 Å². The Morgan fingerprint density at radius 3 is 2.56 bits per heavy atom. The number of hydrogen-bond donors (Lipinski definition) is 0. The molecule has 1 fully saturated rings. The van der Waals surface area contributed by atoms with Crippen molar-refractivity contribution in [2.75, 3.05) is 18.0 Å². The van der Waals surface area contributed by atoms with Gasteiger partial charge in [0, 0.05) is 13.2 Å². The summed E-state index contributed by atoms with van der Waals surface area (Å²) < 4.78 is 29.2. The maximum atomic E-state index is 13.0. The lowest BCUT2D eigenvalue weighted by Gasteiger charge is -2.37. The summed E-state index contributed by atoms with van der Waals surface area (Å²) in [5.74, 6) is -1.30. The van der Waals surface area contributed by atoms with Crippen molar-refractivity contribution in [1.82, 2.24) is 34.3 Å². The SMILES string of the molecule is Cc1ncc(C)n2nc(C=Cc3nc(N4CC(F)(F)C4)nn3C)nc12. The quantitative estimate of drug-likeness (QED) is 0.715. The van der Waals surface area contributed by atoms with E-state index in [9.17, 15) is 8.78 Å². The van der Waals surface area contributed by atoms with Crippen LogP contribution in [0.3, 0.4) is 0 Å². The zero-order chi connectivity index (χ0) is 17.8. The van der Waals surface area contributed by atoms with Crippen LogP contribution in [0.1, 0.15) is 23.0 Å². The van der Waals surface area contributed by atoms with Gasteiger partial charge in [0.2, 0.25) is 5.95 Å². The zero-order valence-corrected chi connectivity index (χ0v) is 14.0. The minimum atomic E-state index is -2.65. The highest BCUT2D eigenvalue weighted by molar-refractivity contribution is 5.65. The Bertz CT molecular complexity index is 940. The van der Waals surface area contributed by atoms with E-state index in [0.717, 1.165) is 11.4 Å². The molecule has 0 spiro atoms. The molecule has 8 nitrogen and oxygen atoms in total. The Labute approximate surface area is 141 Å². The van der Waals surface area contributed by atoms with Gasteiger partial charge in [0.1, 0.15) is 0 Å². The largest absolute Gasteiger partial charge is 0.327 e. The van der Waals surface area contributed by atoms with Crippen LogP contribution in [-0.2, 0) is 7.05 Å². The second kappa shape index (κ2) is 5.30. The summed E-state index contributed by atoms with van der Waals surface area (Å²) in [5.41, 5.74) is 2.37. The third-order valence-electron chi connectivity index (χ3n) is 4.02. The third-order valence-corrected chi connectivity index (χ3v) is 4.02. The number of aromatic nitrogens is 7. The lowest BCUT2D eigenvalue weighted by molar-refractivity contribution is -0.0271. The van der Waals surface area contributed by atoms with E-state index in [4.69, 9.17) is 0 Å². The molecule has 0 aliphatic carbocycles. The van der Waals surface area contributed by atoms with Crippen molar-refractivity contribution in [2.24, 2.45) is 7.05 Å². The first-order chi connectivity index (χ1) is 11.8. The van der Waals surface area contributed by atoms with E-state index in [2.05, 4.69) is 25.1 Å². The Hall–Kier alpha value is -2.91. The zero-order valence-electron chi connectivity index (χ0n) is 14.0. The highest BCUT2D eigenvalue weighted by Crippen LogP contribution is 2.29. The topological polar surface area (TPSA) is 77.0 Å². The molecule has 3 aromatic rings. The van der Waals surface area contributed by atoms with E-state index in [1.165, 1.54) is 9.58 Å². The van der Waals surface area contributed by atoms with Crippen LogP contribution in [0, 0.1) is 13.8 Å². The number of nitrogens with zero attached hydrogens (tertiary/aromatic N) is 8. The number of aryl methyl sites for hydroxylation is 3. The molecule has 0 saturated carbocycles. The fourth-order valence-corrected chi connectivity index (χ4v) is 2.65. The van der Waals surface area contributed by atoms with E-state index in [1.807, 2.05) is 13.8 Å². The summed E-state index contributed by atoms with van der Waals surface area (Å²) in [5, 5.41) is 8.59. The van der Waals surface area contributed by atoms with E-state index in [0.29, 0.717) is 23.2 Å². The molecule has 0 aromatic carbocycles.